The van der Waals surface area contributed by atoms with Crippen LogP contribution in [0.25, 0.3) is 11.4 Å². The summed E-state index contributed by atoms with van der Waals surface area (Å²) in [5.74, 6) is 0.207. The second-order valence-corrected chi connectivity index (χ2v) is 6.41. The zero-order chi connectivity index (χ0) is 15.8. The smallest absolute Gasteiger partial charge is 0.310 e. The average Bonchev–Trinajstić information content (AvgIpc) is 2.79. The van der Waals surface area contributed by atoms with Gasteiger partial charge in [-0.15, -0.1) is 10.2 Å². The number of rotatable bonds is 4. The quantitative estimate of drug-likeness (QED) is 0.470. The maximum absolute atomic E-state index is 11.3. The maximum Gasteiger partial charge on any atom is 0.310 e. The van der Waals surface area contributed by atoms with E-state index in [1.807, 2.05) is 0 Å². The zero-order valence-corrected chi connectivity index (χ0v) is 12.4. The predicted molar refractivity (Wildman–Crippen MR) is 72.7 cm³/mol. The fourth-order valence-corrected chi connectivity index (χ4v) is 2.70. The third-order valence-corrected chi connectivity index (χ3v) is 3.89. The number of hydrogen-bond acceptors (Lipinski definition) is 7. The third-order valence-electron chi connectivity index (χ3n) is 2.69. The Balaban J connectivity index is 2.59. The molecular weight excluding hydrogens is 324 g/mol. The van der Waals surface area contributed by atoms with E-state index in [0.717, 1.165) is 0 Å². The number of nitro benzene ring substituents is 1. The summed E-state index contributed by atoms with van der Waals surface area (Å²) in [6.07, 6.45) is 0. The van der Waals surface area contributed by atoms with Gasteiger partial charge >= 0.3 is 5.69 Å². The molecule has 0 saturated heterocycles. The zero-order valence-electron chi connectivity index (χ0n) is 10.8. The van der Waals surface area contributed by atoms with Gasteiger partial charge in [0.15, 0.2) is 11.6 Å². The van der Waals surface area contributed by atoms with Crippen molar-refractivity contribution in [1.29, 1.82) is 0 Å². The number of nitrogens with zero attached hydrogens (tertiary/aromatic N) is 4. The first-order valence-corrected chi connectivity index (χ1v) is 7.73. The summed E-state index contributed by atoms with van der Waals surface area (Å²) in [5.41, 5.74) is 0.188. The van der Waals surface area contributed by atoms with E-state index in [9.17, 15) is 18.5 Å². The summed E-state index contributed by atoms with van der Waals surface area (Å²) in [4.78, 5) is 10.2. The molecule has 112 valence electrons. The highest BCUT2D eigenvalue weighted by molar-refractivity contribution is 8.13. The van der Waals surface area contributed by atoms with E-state index in [-0.39, 0.29) is 17.3 Å². The van der Waals surface area contributed by atoms with Crippen LogP contribution in [0, 0.1) is 10.1 Å². The Morgan fingerprint density at radius 2 is 2.05 bits per heavy atom. The molecule has 9 nitrogen and oxygen atoms in total. The summed E-state index contributed by atoms with van der Waals surface area (Å²) < 4.78 is 28.7. The molecule has 2 aromatic rings. The molecule has 0 fully saturated rings. The van der Waals surface area contributed by atoms with E-state index in [1.54, 1.807) is 0 Å². The van der Waals surface area contributed by atoms with E-state index in [0.29, 0.717) is 5.56 Å². The first kappa shape index (κ1) is 15.2. The fourth-order valence-electron chi connectivity index (χ4n) is 1.75. The Morgan fingerprint density at radius 1 is 1.38 bits per heavy atom. The second kappa shape index (κ2) is 5.30. The van der Waals surface area contributed by atoms with Gasteiger partial charge in [0.1, 0.15) is 0 Å². The topological polar surface area (TPSA) is 117 Å². The van der Waals surface area contributed by atoms with Crippen molar-refractivity contribution in [3.8, 4) is 17.1 Å². The van der Waals surface area contributed by atoms with Crippen LogP contribution in [-0.4, -0.2) is 35.2 Å². The maximum atomic E-state index is 11.3. The molecule has 1 aromatic heterocycles. The molecule has 0 amide bonds. The van der Waals surface area contributed by atoms with Gasteiger partial charge in [-0.3, -0.25) is 14.7 Å². The Labute approximate surface area is 123 Å². The van der Waals surface area contributed by atoms with Crippen molar-refractivity contribution in [1.82, 2.24) is 14.8 Å². The predicted octanol–water partition coefficient (Wildman–Crippen LogP) is 1.33. The largest absolute Gasteiger partial charge is 0.490 e. The van der Waals surface area contributed by atoms with Crippen LogP contribution in [-0.2, 0) is 16.1 Å². The number of aromatic nitrogens is 3. The van der Waals surface area contributed by atoms with Gasteiger partial charge < -0.3 is 4.74 Å². The Bertz CT molecular complexity index is 817. The molecule has 21 heavy (non-hydrogen) atoms. The van der Waals surface area contributed by atoms with Gasteiger partial charge in [-0.1, -0.05) is 0 Å². The van der Waals surface area contributed by atoms with Gasteiger partial charge in [0.2, 0.25) is 0 Å². The molecule has 0 radical (unpaired) electrons. The molecule has 0 bridgehead atoms. The van der Waals surface area contributed by atoms with Crippen LogP contribution in [0.4, 0.5) is 5.69 Å². The molecular formula is C10H9ClN4O5S. The lowest BCUT2D eigenvalue weighted by Gasteiger charge is -2.05. The van der Waals surface area contributed by atoms with E-state index in [1.165, 1.54) is 36.9 Å². The molecule has 1 heterocycles. The average molecular weight is 333 g/mol. The first-order valence-electron chi connectivity index (χ1n) is 5.42. The Hall–Kier alpha value is -2.20. The van der Waals surface area contributed by atoms with E-state index >= 15 is 0 Å². The van der Waals surface area contributed by atoms with Crippen molar-refractivity contribution < 1.29 is 18.1 Å². The number of hydrogen-bond donors (Lipinski definition) is 0. The molecule has 0 saturated carbocycles. The van der Waals surface area contributed by atoms with Crippen molar-refractivity contribution in [2.75, 3.05) is 7.11 Å². The van der Waals surface area contributed by atoms with Crippen LogP contribution < -0.4 is 4.74 Å². The van der Waals surface area contributed by atoms with Gasteiger partial charge in [0, 0.05) is 29.4 Å². The number of nitro groups is 1. The van der Waals surface area contributed by atoms with Gasteiger partial charge in [-0.2, -0.15) is 0 Å². The van der Waals surface area contributed by atoms with Crippen LogP contribution in [0.3, 0.4) is 0 Å². The number of halogens is 1. The molecule has 1 aromatic carbocycles. The summed E-state index contributed by atoms with van der Waals surface area (Å²) in [6, 6.07) is 4.01. The highest BCUT2D eigenvalue weighted by atomic mass is 35.7. The van der Waals surface area contributed by atoms with Gasteiger partial charge in [0.25, 0.3) is 14.2 Å². The summed E-state index contributed by atoms with van der Waals surface area (Å²) >= 11 is 0. The highest BCUT2D eigenvalue weighted by Gasteiger charge is 2.23. The molecule has 0 aliphatic heterocycles. The minimum absolute atomic E-state index is 0.0239. The molecule has 0 aliphatic carbocycles. The van der Waals surface area contributed by atoms with Crippen LogP contribution in [0.15, 0.2) is 23.4 Å². The monoisotopic (exact) mass is 332 g/mol. The lowest BCUT2D eigenvalue weighted by molar-refractivity contribution is -0.385. The summed E-state index contributed by atoms with van der Waals surface area (Å²) in [7, 11) is 3.89. The molecule has 0 atom stereocenters. The second-order valence-electron chi connectivity index (χ2n) is 3.95. The normalized spacial score (nSPS) is 11.4. The van der Waals surface area contributed by atoms with Gasteiger partial charge in [-0.05, 0) is 12.1 Å². The molecule has 0 aliphatic rings. The SMILES string of the molecule is COc1cc(-c2nnc(S(=O)(=O)Cl)n2C)ccc1[N+](=O)[O-]. The molecule has 0 spiro atoms. The van der Waals surface area contributed by atoms with Crippen LogP contribution in [0.5, 0.6) is 5.75 Å². The van der Waals surface area contributed by atoms with Crippen molar-refractivity contribution in [3.63, 3.8) is 0 Å². The fraction of sp³-hybridized carbons (Fsp3) is 0.200. The molecule has 11 heteroatoms. The lowest BCUT2D eigenvalue weighted by atomic mass is 10.2. The minimum Gasteiger partial charge on any atom is -0.490 e. The summed E-state index contributed by atoms with van der Waals surface area (Å²) in [6.45, 7) is 0. The van der Waals surface area contributed by atoms with Crippen molar-refractivity contribution in [3.05, 3.63) is 28.3 Å². The van der Waals surface area contributed by atoms with Crippen molar-refractivity contribution in [2.45, 2.75) is 5.16 Å². The standard InChI is InChI=1S/C10H9ClN4O5S/c1-14-9(12-13-10(14)21(11,18)19)6-3-4-7(15(16)17)8(5-6)20-2/h3-5H,1-2H3. The van der Waals surface area contributed by atoms with Crippen LogP contribution >= 0.6 is 10.7 Å². The minimum atomic E-state index is -4.04. The highest BCUT2D eigenvalue weighted by Crippen LogP contribution is 2.31. The first-order chi connectivity index (χ1) is 9.75. The molecule has 0 unspecified atom stereocenters. The van der Waals surface area contributed by atoms with Gasteiger partial charge in [0.05, 0.1) is 12.0 Å². The molecule has 2 rings (SSSR count). The molecule has 0 N–H and O–H groups in total. The number of ether oxygens (including phenoxy) is 1. The van der Waals surface area contributed by atoms with E-state index in [2.05, 4.69) is 10.2 Å². The Kier molecular flexibility index (Phi) is 3.83. The van der Waals surface area contributed by atoms with E-state index in [4.69, 9.17) is 15.4 Å². The van der Waals surface area contributed by atoms with Crippen LogP contribution in [0.2, 0.25) is 0 Å². The number of benzene rings is 1. The Morgan fingerprint density at radius 3 is 2.52 bits per heavy atom. The number of methoxy groups -OCH3 is 1. The lowest BCUT2D eigenvalue weighted by Crippen LogP contribution is -2.03. The van der Waals surface area contributed by atoms with Crippen molar-refractivity contribution in [2.24, 2.45) is 7.05 Å². The van der Waals surface area contributed by atoms with Crippen LogP contribution in [0.1, 0.15) is 0 Å². The van der Waals surface area contributed by atoms with E-state index < -0.39 is 19.1 Å². The van der Waals surface area contributed by atoms with Gasteiger partial charge in [-0.25, -0.2) is 8.42 Å². The van der Waals surface area contributed by atoms with Crippen molar-refractivity contribution >= 4 is 25.4 Å². The third kappa shape index (κ3) is 2.81. The summed E-state index contributed by atoms with van der Waals surface area (Å²) in [5, 5.41) is 17.6.